The molecule has 1 saturated carbocycles. The first kappa shape index (κ1) is 15.3. The number of hydrogen-bond acceptors (Lipinski definition) is 4. The second-order valence-electron chi connectivity index (χ2n) is 5.81. The van der Waals surface area contributed by atoms with Crippen molar-refractivity contribution in [1.29, 1.82) is 0 Å². The van der Waals surface area contributed by atoms with Gasteiger partial charge in [0.05, 0.1) is 12.7 Å². The van der Waals surface area contributed by atoms with Crippen LogP contribution in [0.25, 0.3) is 0 Å². The van der Waals surface area contributed by atoms with Gasteiger partial charge in [-0.05, 0) is 49.9 Å². The molecule has 2 rings (SSSR count). The van der Waals surface area contributed by atoms with Crippen LogP contribution in [0.1, 0.15) is 24.8 Å². The fourth-order valence-corrected chi connectivity index (χ4v) is 2.67. The average molecular weight is 278 g/mol. The lowest BCUT2D eigenvalue weighted by Crippen LogP contribution is -2.37. The molecule has 0 heterocycles. The molecule has 112 valence electrons. The van der Waals surface area contributed by atoms with Crippen LogP contribution >= 0.6 is 0 Å². The number of ether oxygens (including phenoxy) is 1. The van der Waals surface area contributed by atoms with Gasteiger partial charge in [-0.3, -0.25) is 0 Å². The van der Waals surface area contributed by atoms with Crippen molar-refractivity contribution in [2.45, 2.75) is 31.9 Å². The number of aliphatic hydroxyl groups excluding tert-OH is 1. The maximum atomic E-state index is 9.27. The average Bonchev–Trinajstić information content (AvgIpc) is 2.42. The van der Waals surface area contributed by atoms with Gasteiger partial charge in [0.15, 0.2) is 0 Å². The van der Waals surface area contributed by atoms with Crippen LogP contribution in [0, 0.1) is 5.92 Å². The Labute approximate surface area is 121 Å². The van der Waals surface area contributed by atoms with Crippen LogP contribution in [0.3, 0.4) is 0 Å². The summed E-state index contributed by atoms with van der Waals surface area (Å²) in [7, 11) is 2.14. The van der Waals surface area contributed by atoms with Crippen LogP contribution in [0.2, 0.25) is 0 Å². The first-order chi connectivity index (χ1) is 9.67. The molecule has 0 aromatic heterocycles. The van der Waals surface area contributed by atoms with E-state index in [1.165, 1.54) is 0 Å². The third kappa shape index (κ3) is 4.78. The quantitative estimate of drug-likeness (QED) is 0.709. The second kappa shape index (κ2) is 7.62. The Kier molecular flexibility index (Phi) is 5.83. The molecule has 1 aromatic rings. The molecule has 4 nitrogen and oxygen atoms in total. The van der Waals surface area contributed by atoms with Gasteiger partial charge >= 0.3 is 0 Å². The van der Waals surface area contributed by atoms with E-state index in [4.69, 9.17) is 10.5 Å². The number of nitrogens with zero attached hydrogens (tertiary/aromatic N) is 1. The molecule has 0 aliphatic heterocycles. The van der Waals surface area contributed by atoms with Gasteiger partial charge in [-0.2, -0.15) is 0 Å². The van der Waals surface area contributed by atoms with Crippen molar-refractivity contribution < 1.29 is 9.84 Å². The van der Waals surface area contributed by atoms with Crippen molar-refractivity contribution in [2.24, 2.45) is 11.7 Å². The standard InChI is InChI=1S/C16H26N2O2/c1-18(12-14-8-15(19)9-14)6-3-7-20-16-5-2-4-13(10-16)11-17/h2,4-5,10,14-15,19H,3,6-9,11-12,17H2,1H3. The molecule has 1 aromatic carbocycles. The Bertz CT molecular complexity index is 405. The summed E-state index contributed by atoms with van der Waals surface area (Å²) >= 11 is 0. The molecule has 0 saturated heterocycles. The molecule has 0 spiro atoms. The highest BCUT2D eigenvalue weighted by molar-refractivity contribution is 5.28. The number of nitrogens with two attached hydrogens (primary N) is 1. The summed E-state index contributed by atoms with van der Waals surface area (Å²) in [6.45, 7) is 3.39. The smallest absolute Gasteiger partial charge is 0.119 e. The summed E-state index contributed by atoms with van der Waals surface area (Å²) in [4.78, 5) is 2.33. The highest BCUT2D eigenvalue weighted by atomic mass is 16.5. The Hall–Kier alpha value is -1.10. The second-order valence-corrected chi connectivity index (χ2v) is 5.81. The van der Waals surface area contributed by atoms with E-state index < -0.39 is 0 Å². The Balaban J connectivity index is 1.58. The normalized spacial score (nSPS) is 21.8. The Morgan fingerprint density at radius 3 is 2.90 bits per heavy atom. The van der Waals surface area contributed by atoms with Crippen LogP contribution in [-0.2, 0) is 6.54 Å². The fraction of sp³-hybridized carbons (Fsp3) is 0.625. The minimum Gasteiger partial charge on any atom is -0.494 e. The Morgan fingerprint density at radius 2 is 2.20 bits per heavy atom. The maximum absolute atomic E-state index is 9.27. The van der Waals surface area contributed by atoms with Crippen LogP contribution < -0.4 is 10.5 Å². The molecule has 0 unspecified atom stereocenters. The van der Waals surface area contributed by atoms with E-state index in [-0.39, 0.29) is 6.10 Å². The predicted octanol–water partition coefficient (Wildman–Crippen LogP) is 1.62. The highest BCUT2D eigenvalue weighted by Crippen LogP contribution is 2.27. The van der Waals surface area contributed by atoms with E-state index in [2.05, 4.69) is 11.9 Å². The zero-order valence-electron chi connectivity index (χ0n) is 12.3. The molecule has 0 atom stereocenters. The summed E-state index contributed by atoms with van der Waals surface area (Å²) in [5, 5.41) is 9.27. The van der Waals surface area contributed by atoms with Gasteiger partial charge < -0.3 is 20.5 Å². The van der Waals surface area contributed by atoms with Crippen molar-refractivity contribution >= 4 is 0 Å². The molecule has 0 radical (unpaired) electrons. The van der Waals surface area contributed by atoms with Gasteiger partial charge in [0.1, 0.15) is 5.75 Å². The van der Waals surface area contributed by atoms with E-state index in [9.17, 15) is 5.11 Å². The first-order valence-electron chi connectivity index (χ1n) is 7.46. The number of benzene rings is 1. The molecule has 4 heteroatoms. The SMILES string of the molecule is CN(CCCOc1cccc(CN)c1)CC1CC(O)C1. The summed E-state index contributed by atoms with van der Waals surface area (Å²) in [6.07, 6.45) is 2.89. The molecular formula is C16H26N2O2. The predicted molar refractivity (Wildman–Crippen MR) is 80.7 cm³/mol. The third-order valence-corrected chi connectivity index (χ3v) is 3.87. The maximum Gasteiger partial charge on any atom is 0.119 e. The van der Waals surface area contributed by atoms with E-state index in [1.807, 2.05) is 24.3 Å². The summed E-state index contributed by atoms with van der Waals surface area (Å²) < 4.78 is 5.74. The number of hydrogen-bond donors (Lipinski definition) is 2. The van der Waals surface area contributed by atoms with Crippen molar-refractivity contribution in [1.82, 2.24) is 4.90 Å². The van der Waals surface area contributed by atoms with Gasteiger partial charge in [0.25, 0.3) is 0 Å². The van der Waals surface area contributed by atoms with Crippen molar-refractivity contribution in [3.8, 4) is 5.75 Å². The molecule has 0 bridgehead atoms. The molecule has 1 aliphatic rings. The van der Waals surface area contributed by atoms with Crippen molar-refractivity contribution in [3.63, 3.8) is 0 Å². The minimum atomic E-state index is -0.0495. The fourth-order valence-electron chi connectivity index (χ4n) is 2.67. The van der Waals surface area contributed by atoms with Crippen LogP contribution in [0.15, 0.2) is 24.3 Å². The highest BCUT2D eigenvalue weighted by Gasteiger charge is 2.27. The molecule has 3 N–H and O–H groups in total. The number of aliphatic hydroxyl groups is 1. The van der Waals surface area contributed by atoms with Gasteiger partial charge in [-0.15, -0.1) is 0 Å². The van der Waals surface area contributed by atoms with Crippen LogP contribution in [-0.4, -0.2) is 42.9 Å². The minimum absolute atomic E-state index is 0.0495. The van der Waals surface area contributed by atoms with Gasteiger partial charge in [0.2, 0.25) is 0 Å². The molecule has 20 heavy (non-hydrogen) atoms. The lowest BCUT2D eigenvalue weighted by molar-refractivity contribution is 0.0278. The molecule has 0 amide bonds. The molecule has 1 aliphatic carbocycles. The zero-order valence-corrected chi connectivity index (χ0v) is 12.3. The van der Waals surface area contributed by atoms with Crippen LogP contribution in [0.5, 0.6) is 5.75 Å². The summed E-state index contributed by atoms with van der Waals surface area (Å²) in [6, 6.07) is 7.96. The topological polar surface area (TPSA) is 58.7 Å². The lowest BCUT2D eigenvalue weighted by Gasteiger charge is -2.34. The molecule has 1 fully saturated rings. The first-order valence-corrected chi connectivity index (χ1v) is 7.46. The largest absolute Gasteiger partial charge is 0.494 e. The third-order valence-electron chi connectivity index (χ3n) is 3.87. The van der Waals surface area contributed by atoms with E-state index in [1.54, 1.807) is 0 Å². The Morgan fingerprint density at radius 1 is 1.40 bits per heavy atom. The molecular weight excluding hydrogens is 252 g/mol. The van der Waals surface area contributed by atoms with Gasteiger partial charge in [0, 0.05) is 19.6 Å². The van der Waals surface area contributed by atoms with Gasteiger partial charge in [-0.1, -0.05) is 12.1 Å². The lowest BCUT2D eigenvalue weighted by atomic mass is 9.82. The van der Waals surface area contributed by atoms with Crippen molar-refractivity contribution in [3.05, 3.63) is 29.8 Å². The van der Waals surface area contributed by atoms with E-state index in [0.717, 1.165) is 50.3 Å². The van der Waals surface area contributed by atoms with Crippen LogP contribution in [0.4, 0.5) is 0 Å². The monoisotopic (exact) mass is 278 g/mol. The zero-order chi connectivity index (χ0) is 14.4. The van der Waals surface area contributed by atoms with Crippen molar-refractivity contribution in [2.75, 3.05) is 26.7 Å². The van der Waals surface area contributed by atoms with E-state index in [0.29, 0.717) is 12.5 Å². The van der Waals surface area contributed by atoms with Gasteiger partial charge in [-0.25, -0.2) is 0 Å². The summed E-state index contributed by atoms with van der Waals surface area (Å²) in [5.74, 6) is 1.58. The summed E-state index contributed by atoms with van der Waals surface area (Å²) in [5.41, 5.74) is 6.71. The van der Waals surface area contributed by atoms with E-state index >= 15 is 0 Å². The number of rotatable bonds is 8.